The lowest BCUT2D eigenvalue weighted by atomic mass is 10.0. The Bertz CT molecular complexity index is 534. The first-order chi connectivity index (χ1) is 7.74. The second-order valence-corrected chi connectivity index (χ2v) is 4.25. The van der Waals surface area contributed by atoms with Gasteiger partial charge in [-0.1, -0.05) is 40.8 Å². The van der Waals surface area contributed by atoms with E-state index in [4.69, 9.17) is 4.74 Å². The fourth-order valence-corrected chi connectivity index (χ4v) is 2.04. The molecule has 16 heavy (non-hydrogen) atoms. The van der Waals surface area contributed by atoms with Crippen LogP contribution in [0.1, 0.15) is 10.4 Å². The van der Waals surface area contributed by atoms with Gasteiger partial charge in [-0.15, -0.1) is 0 Å². The molecule has 0 heterocycles. The quantitative estimate of drug-likeness (QED) is 0.490. The standard InChI is InChI=1S/C13H11IO2/c1-16-12-5-4-9-6-11(13(15)8-14)3-2-10(9)7-12/h2-7H,8H2,1H3. The molecule has 0 saturated heterocycles. The maximum atomic E-state index is 11.5. The number of hydrogen-bond donors (Lipinski definition) is 0. The minimum atomic E-state index is 0.165. The van der Waals surface area contributed by atoms with E-state index in [1.54, 1.807) is 7.11 Å². The number of carbonyl (C=O) groups is 1. The van der Waals surface area contributed by atoms with Crippen molar-refractivity contribution in [3.05, 3.63) is 42.0 Å². The van der Waals surface area contributed by atoms with Crippen LogP contribution in [0.5, 0.6) is 5.75 Å². The fraction of sp³-hybridized carbons (Fsp3) is 0.154. The molecule has 0 aromatic heterocycles. The number of alkyl halides is 1. The van der Waals surface area contributed by atoms with E-state index < -0.39 is 0 Å². The molecule has 0 spiro atoms. The Morgan fingerprint density at radius 3 is 2.56 bits per heavy atom. The van der Waals surface area contributed by atoms with E-state index >= 15 is 0 Å². The van der Waals surface area contributed by atoms with Crippen molar-refractivity contribution < 1.29 is 9.53 Å². The van der Waals surface area contributed by atoms with Crippen molar-refractivity contribution in [3.8, 4) is 5.75 Å². The van der Waals surface area contributed by atoms with Gasteiger partial charge in [0.1, 0.15) is 5.75 Å². The highest BCUT2D eigenvalue weighted by molar-refractivity contribution is 14.1. The lowest BCUT2D eigenvalue weighted by molar-refractivity contribution is 0.102. The second-order valence-electron chi connectivity index (χ2n) is 3.48. The molecule has 0 aliphatic heterocycles. The zero-order chi connectivity index (χ0) is 11.5. The number of methoxy groups -OCH3 is 1. The molecular formula is C13H11IO2. The van der Waals surface area contributed by atoms with Crippen LogP contribution in [-0.2, 0) is 0 Å². The Morgan fingerprint density at radius 1 is 1.19 bits per heavy atom. The van der Waals surface area contributed by atoms with E-state index in [1.165, 1.54) is 0 Å². The summed E-state index contributed by atoms with van der Waals surface area (Å²) in [6.45, 7) is 0. The van der Waals surface area contributed by atoms with E-state index in [2.05, 4.69) is 22.6 Å². The first-order valence-electron chi connectivity index (χ1n) is 4.91. The normalized spacial score (nSPS) is 10.4. The Hall–Kier alpha value is -1.10. The molecule has 3 heteroatoms. The fourth-order valence-electron chi connectivity index (χ4n) is 1.60. The van der Waals surface area contributed by atoms with Crippen molar-refractivity contribution in [2.45, 2.75) is 0 Å². The van der Waals surface area contributed by atoms with Crippen LogP contribution in [0.4, 0.5) is 0 Å². The molecule has 0 N–H and O–H groups in total. The number of hydrogen-bond acceptors (Lipinski definition) is 2. The van der Waals surface area contributed by atoms with E-state index in [-0.39, 0.29) is 5.78 Å². The number of Topliss-reactive ketones (excluding diaryl/α,β-unsaturated/α-hetero) is 1. The molecule has 0 radical (unpaired) electrons. The van der Waals surface area contributed by atoms with Crippen molar-refractivity contribution in [1.29, 1.82) is 0 Å². The Morgan fingerprint density at radius 2 is 1.88 bits per heavy atom. The van der Waals surface area contributed by atoms with E-state index in [9.17, 15) is 4.79 Å². The van der Waals surface area contributed by atoms with E-state index in [0.717, 1.165) is 22.1 Å². The minimum absolute atomic E-state index is 0.165. The predicted molar refractivity (Wildman–Crippen MR) is 73.7 cm³/mol. The topological polar surface area (TPSA) is 26.3 Å². The second kappa shape index (κ2) is 4.82. The number of ketones is 1. The third kappa shape index (κ3) is 2.19. The van der Waals surface area contributed by atoms with Gasteiger partial charge in [0.25, 0.3) is 0 Å². The Labute approximate surface area is 108 Å². The molecule has 0 fully saturated rings. The summed E-state index contributed by atoms with van der Waals surface area (Å²) in [4.78, 5) is 11.5. The van der Waals surface area contributed by atoms with Crippen LogP contribution in [0.2, 0.25) is 0 Å². The molecule has 0 saturated carbocycles. The van der Waals surface area contributed by atoms with Gasteiger partial charge >= 0.3 is 0 Å². The SMILES string of the molecule is COc1ccc2cc(C(=O)CI)ccc2c1. The van der Waals surface area contributed by atoms with Gasteiger partial charge in [0.2, 0.25) is 0 Å². The van der Waals surface area contributed by atoms with Gasteiger partial charge < -0.3 is 4.74 Å². The van der Waals surface area contributed by atoms with Gasteiger partial charge in [-0.3, -0.25) is 4.79 Å². The van der Waals surface area contributed by atoms with Crippen molar-refractivity contribution >= 4 is 39.1 Å². The molecule has 0 bridgehead atoms. The average Bonchev–Trinajstić information content (AvgIpc) is 2.36. The van der Waals surface area contributed by atoms with Crippen LogP contribution < -0.4 is 4.74 Å². The van der Waals surface area contributed by atoms with Gasteiger partial charge in [-0.25, -0.2) is 0 Å². The van der Waals surface area contributed by atoms with E-state index in [0.29, 0.717) is 4.43 Å². The van der Waals surface area contributed by atoms with Gasteiger partial charge in [0.05, 0.1) is 11.5 Å². The van der Waals surface area contributed by atoms with Crippen LogP contribution in [0, 0.1) is 0 Å². The molecular weight excluding hydrogens is 315 g/mol. The summed E-state index contributed by atoms with van der Waals surface area (Å²) in [5, 5.41) is 2.15. The highest BCUT2D eigenvalue weighted by Crippen LogP contribution is 2.22. The van der Waals surface area contributed by atoms with Gasteiger partial charge in [0, 0.05) is 5.56 Å². The van der Waals surface area contributed by atoms with Crippen molar-refractivity contribution in [3.63, 3.8) is 0 Å². The zero-order valence-electron chi connectivity index (χ0n) is 8.87. The highest BCUT2D eigenvalue weighted by Gasteiger charge is 2.04. The molecule has 0 aliphatic carbocycles. The number of carbonyl (C=O) groups excluding carboxylic acids is 1. The summed E-state index contributed by atoms with van der Waals surface area (Å²) in [6.07, 6.45) is 0. The van der Waals surface area contributed by atoms with Crippen molar-refractivity contribution in [2.75, 3.05) is 11.5 Å². The average molecular weight is 326 g/mol. The summed E-state index contributed by atoms with van der Waals surface area (Å²) in [6, 6.07) is 11.6. The first kappa shape index (κ1) is 11.4. The van der Waals surface area contributed by atoms with Crippen LogP contribution in [-0.4, -0.2) is 17.3 Å². The Balaban J connectivity index is 2.51. The molecule has 82 valence electrons. The van der Waals surface area contributed by atoms with Crippen LogP contribution in [0.3, 0.4) is 0 Å². The smallest absolute Gasteiger partial charge is 0.172 e. The summed E-state index contributed by atoms with van der Waals surface area (Å²) in [5.74, 6) is 0.999. The molecule has 2 aromatic carbocycles. The van der Waals surface area contributed by atoms with Gasteiger partial charge in [0.15, 0.2) is 5.78 Å². The van der Waals surface area contributed by atoms with Gasteiger partial charge in [-0.05, 0) is 29.0 Å². The summed E-state index contributed by atoms with van der Waals surface area (Å²) in [5.41, 5.74) is 0.770. The lowest BCUT2D eigenvalue weighted by Crippen LogP contribution is -1.99. The largest absolute Gasteiger partial charge is 0.497 e. The summed E-state index contributed by atoms with van der Waals surface area (Å²) >= 11 is 2.08. The molecule has 2 rings (SSSR count). The lowest BCUT2D eigenvalue weighted by Gasteiger charge is -2.04. The molecule has 2 aromatic rings. The molecule has 0 unspecified atom stereocenters. The summed E-state index contributed by atoms with van der Waals surface area (Å²) < 4.78 is 5.67. The molecule has 2 nitrogen and oxygen atoms in total. The highest BCUT2D eigenvalue weighted by atomic mass is 127. The van der Waals surface area contributed by atoms with Crippen molar-refractivity contribution in [2.24, 2.45) is 0 Å². The van der Waals surface area contributed by atoms with Crippen LogP contribution in [0.15, 0.2) is 36.4 Å². The zero-order valence-corrected chi connectivity index (χ0v) is 11.0. The van der Waals surface area contributed by atoms with Crippen molar-refractivity contribution in [1.82, 2.24) is 0 Å². The number of halogens is 1. The maximum Gasteiger partial charge on any atom is 0.172 e. The molecule has 0 aliphatic rings. The number of benzene rings is 2. The van der Waals surface area contributed by atoms with Gasteiger partial charge in [-0.2, -0.15) is 0 Å². The number of ether oxygens (including phenoxy) is 1. The first-order valence-corrected chi connectivity index (χ1v) is 6.44. The predicted octanol–water partition coefficient (Wildman–Crippen LogP) is 3.47. The third-order valence-electron chi connectivity index (χ3n) is 2.49. The molecule has 0 atom stereocenters. The van der Waals surface area contributed by atoms with E-state index in [1.807, 2.05) is 36.4 Å². The van der Waals surface area contributed by atoms with Crippen LogP contribution >= 0.6 is 22.6 Å². The minimum Gasteiger partial charge on any atom is -0.497 e. The van der Waals surface area contributed by atoms with Crippen LogP contribution in [0.25, 0.3) is 10.8 Å². The summed E-state index contributed by atoms with van der Waals surface area (Å²) in [7, 11) is 1.65. The monoisotopic (exact) mass is 326 g/mol. The molecule has 0 amide bonds. The third-order valence-corrected chi connectivity index (χ3v) is 3.18. The number of rotatable bonds is 3. The number of fused-ring (bicyclic) bond motifs is 1. The Kier molecular flexibility index (Phi) is 3.43. The maximum absolute atomic E-state index is 11.5.